The average Bonchev–Trinajstić information content (AvgIpc) is 2.75. The first kappa shape index (κ1) is 15.0. The predicted molar refractivity (Wildman–Crippen MR) is 84.8 cm³/mol. The second-order valence-corrected chi connectivity index (χ2v) is 7.81. The highest BCUT2D eigenvalue weighted by molar-refractivity contribution is 7.11. The number of likely N-dealkylation sites (N-methyl/N-ethyl adjacent to an activating group) is 1. The molecule has 1 fully saturated rings. The minimum Gasteiger partial charge on any atom is -0.310 e. The van der Waals surface area contributed by atoms with Crippen LogP contribution < -0.4 is 5.32 Å². The van der Waals surface area contributed by atoms with E-state index in [0.29, 0.717) is 5.54 Å². The van der Waals surface area contributed by atoms with Crippen molar-refractivity contribution in [3.63, 3.8) is 0 Å². The summed E-state index contributed by atoms with van der Waals surface area (Å²) in [5.41, 5.74) is 0.365. The van der Waals surface area contributed by atoms with Gasteiger partial charge in [-0.15, -0.1) is 11.3 Å². The van der Waals surface area contributed by atoms with E-state index >= 15 is 0 Å². The largest absolute Gasteiger partial charge is 0.310 e. The summed E-state index contributed by atoms with van der Waals surface area (Å²) in [6, 6.07) is 4.46. The molecule has 0 aromatic carbocycles. The maximum Gasteiger partial charge on any atom is 0.0330 e. The van der Waals surface area contributed by atoms with E-state index in [0.717, 1.165) is 19.0 Å². The highest BCUT2D eigenvalue weighted by Crippen LogP contribution is 2.35. The van der Waals surface area contributed by atoms with Crippen molar-refractivity contribution in [1.82, 2.24) is 10.2 Å². The molecular formula is C16H28N2S. The Hall–Kier alpha value is -0.380. The maximum absolute atomic E-state index is 3.70. The van der Waals surface area contributed by atoms with Crippen LogP contribution in [0.3, 0.4) is 0 Å². The van der Waals surface area contributed by atoms with E-state index < -0.39 is 0 Å². The molecule has 1 aromatic rings. The Morgan fingerprint density at radius 2 is 2.21 bits per heavy atom. The number of aryl methyl sites for hydroxylation is 1. The third kappa shape index (κ3) is 3.80. The Labute approximate surface area is 122 Å². The lowest BCUT2D eigenvalue weighted by Gasteiger charge is -2.45. The second kappa shape index (κ2) is 6.38. The number of hydrogen-bond donors (Lipinski definition) is 1. The molecule has 1 heterocycles. The van der Waals surface area contributed by atoms with Gasteiger partial charge in [0.25, 0.3) is 0 Å². The molecule has 0 spiro atoms. The van der Waals surface area contributed by atoms with Crippen LogP contribution in [-0.4, -0.2) is 31.1 Å². The van der Waals surface area contributed by atoms with Crippen LogP contribution in [0.2, 0.25) is 0 Å². The first-order valence-corrected chi connectivity index (χ1v) is 8.27. The van der Waals surface area contributed by atoms with Gasteiger partial charge in [-0.2, -0.15) is 0 Å². The normalized spacial score (nSPS) is 27.9. The lowest BCUT2D eigenvalue weighted by atomic mass is 9.75. The fourth-order valence-electron chi connectivity index (χ4n) is 3.36. The van der Waals surface area contributed by atoms with Gasteiger partial charge in [0.1, 0.15) is 0 Å². The zero-order valence-electron chi connectivity index (χ0n) is 12.8. The summed E-state index contributed by atoms with van der Waals surface area (Å²) >= 11 is 1.91. The molecule has 1 aliphatic carbocycles. The number of thiophene rings is 1. The van der Waals surface area contributed by atoms with Crippen LogP contribution >= 0.6 is 11.3 Å². The third-order valence-electron chi connectivity index (χ3n) is 4.57. The molecule has 1 aliphatic rings. The van der Waals surface area contributed by atoms with Gasteiger partial charge in [-0.3, -0.25) is 0 Å². The number of hydrogen-bond acceptors (Lipinski definition) is 3. The topological polar surface area (TPSA) is 15.3 Å². The van der Waals surface area contributed by atoms with E-state index in [1.165, 1.54) is 35.4 Å². The molecule has 2 rings (SSSR count). The summed E-state index contributed by atoms with van der Waals surface area (Å²) in [6.45, 7) is 6.71. The summed E-state index contributed by atoms with van der Waals surface area (Å²) in [5.74, 6) is 0.863. The third-order valence-corrected chi connectivity index (χ3v) is 5.57. The molecule has 19 heavy (non-hydrogen) atoms. The van der Waals surface area contributed by atoms with Gasteiger partial charge in [0, 0.05) is 28.4 Å². The Kier molecular flexibility index (Phi) is 5.04. The minimum atomic E-state index is 0.365. The first-order chi connectivity index (χ1) is 9.02. The van der Waals surface area contributed by atoms with Crippen LogP contribution in [0, 0.1) is 12.8 Å². The van der Waals surface area contributed by atoms with Crippen molar-refractivity contribution >= 4 is 11.3 Å². The predicted octanol–water partition coefficient (Wildman–Crippen LogP) is 3.66. The average molecular weight is 280 g/mol. The van der Waals surface area contributed by atoms with Crippen LogP contribution in [0.1, 0.15) is 42.4 Å². The summed E-state index contributed by atoms with van der Waals surface area (Å²) in [4.78, 5) is 5.32. The molecule has 0 saturated heterocycles. The van der Waals surface area contributed by atoms with Gasteiger partial charge >= 0.3 is 0 Å². The highest BCUT2D eigenvalue weighted by Gasteiger charge is 2.36. The Morgan fingerprint density at radius 3 is 2.79 bits per heavy atom. The molecule has 0 radical (unpaired) electrons. The number of rotatable bonds is 5. The minimum absolute atomic E-state index is 0.365. The van der Waals surface area contributed by atoms with Crippen LogP contribution in [-0.2, 0) is 6.54 Å². The first-order valence-electron chi connectivity index (χ1n) is 7.45. The Morgan fingerprint density at radius 1 is 1.42 bits per heavy atom. The van der Waals surface area contributed by atoms with Gasteiger partial charge in [-0.05, 0) is 51.9 Å². The Bertz CT molecular complexity index is 399. The van der Waals surface area contributed by atoms with E-state index in [-0.39, 0.29) is 0 Å². The molecule has 0 aliphatic heterocycles. The standard InChI is InChI=1S/C16H28N2S/c1-13-6-5-9-16(10-13,18(3)4)12-17-11-15-8-7-14(2)19-15/h7-8,13,17H,5-6,9-12H2,1-4H3. The highest BCUT2D eigenvalue weighted by atomic mass is 32.1. The lowest BCUT2D eigenvalue weighted by molar-refractivity contribution is 0.0750. The monoisotopic (exact) mass is 280 g/mol. The molecule has 2 nitrogen and oxygen atoms in total. The Balaban J connectivity index is 1.90. The van der Waals surface area contributed by atoms with Crippen molar-refractivity contribution < 1.29 is 0 Å². The zero-order chi connectivity index (χ0) is 13.9. The van der Waals surface area contributed by atoms with Crippen molar-refractivity contribution in [2.75, 3.05) is 20.6 Å². The van der Waals surface area contributed by atoms with Crippen molar-refractivity contribution in [2.45, 2.75) is 51.6 Å². The number of nitrogens with one attached hydrogen (secondary N) is 1. The van der Waals surface area contributed by atoms with Gasteiger partial charge in [0.15, 0.2) is 0 Å². The smallest absolute Gasteiger partial charge is 0.0330 e. The van der Waals surface area contributed by atoms with Crippen molar-refractivity contribution in [2.24, 2.45) is 5.92 Å². The van der Waals surface area contributed by atoms with E-state index in [1.807, 2.05) is 11.3 Å². The van der Waals surface area contributed by atoms with E-state index in [2.05, 4.69) is 50.3 Å². The fraction of sp³-hybridized carbons (Fsp3) is 0.750. The fourth-order valence-corrected chi connectivity index (χ4v) is 4.22. The molecule has 0 bridgehead atoms. The lowest BCUT2D eigenvalue weighted by Crippen LogP contribution is -2.54. The van der Waals surface area contributed by atoms with Gasteiger partial charge in [-0.25, -0.2) is 0 Å². The van der Waals surface area contributed by atoms with Crippen LogP contribution in [0.25, 0.3) is 0 Å². The SMILES string of the molecule is Cc1ccc(CNCC2(N(C)C)CCCC(C)C2)s1. The van der Waals surface area contributed by atoms with E-state index in [9.17, 15) is 0 Å². The van der Waals surface area contributed by atoms with Gasteiger partial charge in [0.2, 0.25) is 0 Å². The van der Waals surface area contributed by atoms with E-state index in [4.69, 9.17) is 0 Å². The van der Waals surface area contributed by atoms with Crippen LogP contribution in [0.5, 0.6) is 0 Å². The van der Waals surface area contributed by atoms with Gasteiger partial charge < -0.3 is 10.2 Å². The summed E-state index contributed by atoms with van der Waals surface area (Å²) in [5, 5.41) is 3.70. The molecule has 1 saturated carbocycles. The van der Waals surface area contributed by atoms with Crippen LogP contribution in [0.4, 0.5) is 0 Å². The molecule has 2 unspecified atom stereocenters. The second-order valence-electron chi connectivity index (χ2n) is 6.44. The maximum atomic E-state index is 3.70. The molecule has 1 aromatic heterocycles. The zero-order valence-corrected chi connectivity index (χ0v) is 13.6. The van der Waals surface area contributed by atoms with E-state index in [1.54, 1.807) is 0 Å². The van der Waals surface area contributed by atoms with Crippen molar-refractivity contribution in [3.05, 3.63) is 21.9 Å². The van der Waals surface area contributed by atoms with Gasteiger partial charge in [0.05, 0.1) is 0 Å². The summed E-state index contributed by atoms with van der Waals surface area (Å²) < 4.78 is 0. The van der Waals surface area contributed by atoms with Crippen molar-refractivity contribution in [3.8, 4) is 0 Å². The summed E-state index contributed by atoms with van der Waals surface area (Å²) in [6.07, 6.45) is 5.44. The molecule has 2 atom stereocenters. The molecule has 3 heteroatoms. The molecular weight excluding hydrogens is 252 g/mol. The van der Waals surface area contributed by atoms with Crippen LogP contribution in [0.15, 0.2) is 12.1 Å². The number of nitrogens with zero attached hydrogens (tertiary/aromatic N) is 1. The quantitative estimate of drug-likeness (QED) is 0.885. The van der Waals surface area contributed by atoms with Gasteiger partial charge in [-0.1, -0.05) is 19.8 Å². The molecule has 0 amide bonds. The molecule has 1 N–H and O–H groups in total. The van der Waals surface area contributed by atoms with Crippen molar-refractivity contribution in [1.29, 1.82) is 0 Å². The summed E-state index contributed by atoms with van der Waals surface area (Å²) in [7, 11) is 4.49. The molecule has 108 valence electrons.